The Hall–Kier alpha value is -0.630. The first kappa shape index (κ1) is 15.4. The van der Waals surface area contributed by atoms with E-state index in [-0.39, 0.29) is 6.10 Å². The number of β-amino-alcohol motifs (C(OH)–C–C–N with tert-alkyl or cyclic N) is 1. The highest BCUT2D eigenvalue weighted by Crippen LogP contribution is 2.14. The van der Waals surface area contributed by atoms with Gasteiger partial charge in [0.25, 0.3) is 0 Å². The Morgan fingerprint density at radius 2 is 2.17 bits per heavy atom. The first-order chi connectivity index (χ1) is 8.67. The van der Waals surface area contributed by atoms with Crippen LogP contribution in [0.25, 0.3) is 0 Å². The van der Waals surface area contributed by atoms with Gasteiger partial charge in [-0.2, -0.15) is 5.26 Å². The van der Waals surface area contributed by atoms with Crippen LogP contribution in [0, 0.1) is 11.3 Å². The Kier molecular flexibility index (Phi) is 7.26. The number of aliphatic hydroxyl groups is 1. The standard InChI is InChI=1S/C14H27N3O/c1-3-14-12-16(8-6-4-5-7-15)9-10-17(14)11-13(2)18/h13-14,18H,3-6,8-12H2,1-2H3/t13-,14-/m1/s1. The average Bonchev–Trinajstić information content (AvgIpc) is 2.35. The van der Waals surface area contributed by atoms with Crippen LogP contribution in [0.1, 0.15) is 39.5 Å². The number of nitrogens with zero attached hydrogens (tertiary/aromatic N) is 3. The van der Waals surface area contributed by atoms with Gasteiger partial charge in [-0.1, -0.05) is 6.92 Å². The van der Waals surface area contributed by atoms with Crippen molar-refractivity contribution < 1.29 is 5.11 Å². The Morgan fingerprint density at radius 3 is 2.78 bits per heavy atom. The third kappa shape index (κ3) is 5.34. The van der Waals surface area contributed by atoms with Crippen LogP contribution in [0.4, 0.5) is 0 Å². The fourth-order valence-corrected chi connectivity index (χ4v) is 2.67. The molecule has 1 heterocycles. The van der Waals surface area contributed by atoms with Gasteiger partial charge in [0.2, 0.25) is 0 Å². The number of hydrogen-bond donors (Lipinski definition) is 1. The topological polar surface area (TPSA) is 50.5 Å². The smallest absolute Gasteiger partial charge is 0.0639 e. The van der Waals surface area contributed by atoms with E-state index in [1.54, 1.807) is 0 Å². The van der Waals surface area contributed by atoms with Gasteiger partial charge in [0, 0.05) is 38.6 Å². The lowest BCUT2D eigenvalue weighted by Crippen LogP contribution is -2.54. The molecular weight excluding hydrogens is 226 g/mol. The van der Waals surface area contributed by atoms with Crippen molar-refractivity contribution in [3.8, 4) is 6.07 Å². The first-order valence-corrected chi connectivity index (χ1v) is 7.18. The third-order valence-corrected chi connectivity index (χ3v) is 3.67. The molecule has 0 aliphatic carbocycles. The first-order valence-electron chi connectivity index (χ1n) is 7.18. The zero-order valence-electron chi connectivity index (χ0n) is 11.8. The molecule has 1 fully saturated rings. The fraction of sp³-hybridized carbons (Fsp3) is 0.929. The number of rotatable bonds is 7. The number of nitriles is 1. The van der Waals surface area contributed by atoms with Crippen LogP contribution in [0.3, 0.4) is 0 Å². The van der Waals surface area contributed by atoms with Gasteiger partial charge in [-0.25, -0.2) is 0 Å². The van der Waals surface area contributed by atoms with E-state index in [0.717, 1.165) is 52.0 Å². The molecule has 0 aromatic carbocycles. The summed E-state index contributed by atoms with van der Waals surface area (Å²) >= 11 is 0. The SMILES string of the molecule is CC[C@@H]1CN(CCCCC#N)CCN1C[C@@H](C)O. The Balaban J connectivity index is 2.29. The van der Waals surface area contributed by atoms with E-state index >= 15 is 0 Å². The van der Waals surface area contributed by atoms with Crippen molar-refractivity contribution in [1.29, 1.82) is 5.26 Å². The molecule has 0 bridgehead atoms. The van der Waals surface area contributed by atoms with Crippen LogP contribution in [-0.4, -0.2) is 59.8 Å². The van der Waals surface area contributed by atoms with Gasteiger partial charge in [0.1, 0.15) is 0 Å². The van der Waals surface area contributed by atoms with E-state index in [2.05, 4.69) is 22.8 Å². The van der Waals surface area contributed by atoms with Crippen molar-refractivity contribution >= 4 is 0 Å². The highest BCUT2D eigenvalue weighted by molar-refractivity contribution is 4.82. The van der Waals surface area contributed by atoms with Crippen molar-refractivity contribution in [1.82, 2.24) is 9.80 Å². The van der Waals surface area contributed by atoms with E-state index in [1.807, 2.05) is 6.92 Å². The van der Waals surface area contributed by atoms with E-state index in [9.17, 15) is 5.11 Å². The molecule has 0 amide bonds. The summed E-state index contributed by atoms with van der Waals surface area (Å²) in [6, 6.07) is 2.77. The van der Waals surface area contributed by atoms with E-state index < -0.39 is 0 Å². The van der Waals surface area contributed by atoms with Crippen molar-refractivity contribution in [3.63, 3.8) is 0 Å². The maximum atomic E-state index is 9.50. The molecule has 18 heavy (non-hydrogen) atoms. The Morgan fingerprint density at radius 1 is 1.39 bits per heavy atom. The van der Waals surface area contributed by atoms with Crippen LogP contribution < -0.4 is 0 Å². The van der Waals surface area contributed by atoms with Crippen molar-refractivity contribution in [2.45, 2.75) is 51.7 Å². The number of piperazine rings is 1. The molecule has 0 spiro atoms. The molecule has 1 N–H and O–H groups in total. The minimum absolute atomic E-state index is 0.235. The van der Waals surface area contributed by atoms with Gasteiger partial charge in [-0.15, -0.1) is 0 Å². The number of aliphatic hydroxyl groups excluding tert-OH is 1. The van der Waals surface area contributed by atoms with Crippen LogP contribution in [0.2, 0.25) is 0 Å². The van der Waals surface area contributed by atoms with Gasteiger partial charge >= 0.3 is 0 Å². The van der Waals surface area contributed by atoms with E-state index in [1.165, 1.54) is 0 Å². The normalized spacial score (nSPS) is 23.8. The minimum Gasteiger partial charge on any atom is -0.392 e. The van der Waals surface area contributed by atoms with Crippen LogP contribution >= 0.6 is 0 Å². The number of unbranched alkanes of at least 4 members (excludes halogenated alkanes) is 2. The lowest BCUT2D eigenvalue weighted by atomic mass is 10.1. The van der Waals surface area contributed by atoms with Crippen molar-refractivity contribution in [2.24, 2.45) is 0 Å². The summed E-state index contributed by atoms with van der Waals surface area (Å²) in [6.07, 6.45) is 3.73. The molecule has 0 unspecified atom stereocenters. The summed E-state index contributed by atoms with van der Waals surface area (Å²) in [4.78, 5) is 4.92. The second kappa shape index (κ2) is 8.47. The van der Waals surface area contributed by atoms with Crippen LogP contribution in [0.5, 0.6) is 0 Å². The summed E-state index contributed by atoms with van der Waals surface area (Å²) in [5.41, 5.74) is 0. The van der Waals surface area contributed by atoms with Gasteiger partial charge in [-0.3, -0.25) is 4.90 Å². The van der Waals surface area contributed by atoms with Crippen LogP contribution in [-0.2, 0) is 0 Å². The van der Waals surface area contributed by atoms with E-state index in [4.69, 9.17) is 5.26 Å². The van der Waals surface area contributed by atoms with Gasteiger partial charge in [-0.05, 0) is 32.7 Å². The van der Waals surface area contributed by atoms with Gasteiger partial charge in [0.05, 0.1) is 12.2 Å². The molecule has 0 aromatic rings. The van der Waals surface area contributed by atoms with Crippen LogP contribution in [0.15, 0.2) is 0 Å². The highest BCUT2D eigenvalue weighted by atomic mass is 16.3. The molecule has 1 aliphatic heterocycles. The fourth-order valence-electron chi connectivity index (χ4n) is 2.67. The molecule has 0 radical (unpaired) electrons. The van der Waals surface area contributed by atoms with Gasteiger partial charge < -0.3 is 10.0 Å². The monoisotopic (exact) mass is 253 g/mol. The molecule has 0 aromatic heterocycles. The molecule has 4 heteroatoms. The molecule has 1 saturated heterocycles. The molecular formula is C14H27N3O. The molecule has 104 valence electrons. The summed E-state index contributed by atoms with van der Waals surface area (Å²) < 4.78 is 0. The highest BCUT2D eigenvalue weighted by Gasteiger charge is 2.25. The molecule has 4 nitrogen and oxygen atoms in total. The second-order valence-corrected chi connectivity index (χ2v) is 5.32. The largest absolute Gasteiger partial charge is 0.392 e. The quantitative estimate of drug-likeness (QED) is 0.698. The summed E-state index contributed by atoms with van der Waals surface area (Å²) in [5.74, 6) is 0. The zero-order chi connectivity index (χ0) is 13.4. The lowest BCUT2D eigenvalue weighted by Gasteiger charge is -2.41. The molecule has 1 rings (SSSR count). The van der Waals surface area contributed by atoms with Crippen molar-refractivity contribution in [2.75, 3.05) is 32.7 Å². The predicted molar refractivity (Wildman–Crippen MR) is 73.2 cm³/mol. The van der Waals surface area contributed by atoms with Crippen molar-refractivity contribution in [3.05, 3.63) is 0 Å². The zero-order valence-corrected chi connectivity index (χ0v) is 11.8. The summed E-state index contributed by atoms with van der Waals surface area (Å²) in [7, 11) is 0. The molecule has 2 atom stereocenters. The average molecular weight is 253 g/mol. The second-order valence-electron chi connectivity index (χ2n) is 5.32. The van der Waals surface area contributed by atoms with Gasteiger partial charge in [0.15, 0.2) is 0 Å². The molecule has 1 aliphatic rings. The third-order valence-electron chi connectivity index (χ3n) is 3.67. The Bertz CT molecular complexity index is 262. The Labute approximate surface area is 111 Å². The summed E-state index contributed by atoms with van der Waals surface area (Å²) in [5, 5.41) is 18.0. The number of hydrogen-bond acceptors (Lipinski definition) is 4. The maximum Gasteiger partial charge on any atom is 0.0639 e. The lowest BCUT2D eigenvalue weighted by molar-refractivity contribution is 0.0362. The summed E-state index contributed by atoms with van der Waals surface area (Å²) in [6.45, 7) is 9.24. The predicted octanol–water partition coefficient (Wildman–Crippen LogP) is 1.46. The minimum atomic E-state index is -0.235. The van der Waals surface area contributed by atoms with E-state index in [0.29, 0.717) is 12.5 Å². The molecule has 0 saturated carbocycles. The maximum absolute atomic E-state index is 9.50.